The van der Waals surface area contributed by atoms with Gasteiger partial charge >= 0.3 is 0 Å². The zero-order valence-corrected chi connectivity index (χ0v) is 11.0. The molecule has 1 aromatic heterocycles. The molecule has 0 saturated carbocycles. The van der Waals surface area contributed by atoms with E-state index < -0.39 is 5.56 Å². The number of carbonyl (C=O) groups excluding carboxylic acids is 1. The Bertz CT molecular complexity index is 447. The Morgan fingerprint density at radius 3 is 2.67 bits per heavy atom. The van der Waals surface area contributed by atoms with E-state index in [2.05, 4.69) is 0 Å². The normalized spacial score (nSPS) is 11.4. The molecule has 0 fully saturated rings. The van der Waals surface area contributed by atoms with Crippen LogP contribution in [0.2, 0.25) is 0 Å². The van der Waals surface area contributed by atoms with Gasteiger partial charge in [0.15, 0.2) is 0 Å². The van der Waals surface area contributed by atoms with Crippen molar-refractivity contribution in [2.75, 3.05) is 19.7 Å². The molecule has 1 rings (SSSR count). The summed E-state index contributed by atoms with van der Waals surface area (Å²) in [4.78, 5) is 25.3. The third-order valence-electron chi connectivity index (χ3n) is 2.66. The van der Waals surface area contributed by atoms with Crippen LogP contribution in [-0.4, -0.2) is 46.4 Å². The molecule has 6 nitrogen and oxygen atoms in total. The summed E-state index contributed by atoms with van der Waals surface area (Å²) in [6.07, 6.45) is 0.595. The van der Waals surface area contributed by atoms with Crippen molar-refractivity contribution < 1.29 is 14.4 Å². The quantitative estimate of drug-likeness (QED) is 0.801. The number of aromatic nitrogens is 1. The van der Waals surface area contributed by atoms with Crippen molar-refractivity contribution in [1.29, 1.82) is 0 Å². The standard InChI is InChI=1S/C12H20N2O4/c1-9(2)13(5-4-6-15)8-12(17)14-11(16)7-10(3)18-14/h7,9,15H,4-6,8H2,1-3H3. The average molecular weight is 256 g/mol. The van der Waals surface area contributed by atoms with Crippen molar-refractivity contribution in [3.8, 4) is 0 Å². The SMILES string of the molecule is Cc1cc(=O)n(C(=O)CN(CCCO)C(C)C)o1. The van der Waals surface area contributed by atoms with E-state index in [4.69, 9.17) is 9.63 Å². The maximum atomic E-state index is 11.9. The fraction of sp³-hybridized carbons (Fsp3) is 0.667. The molecule has 0 amide bonds. The largest absolute Gasteiger partial charge is 0.396 e. The number of rotatable bonds is 6. The van der Waals surface area contributed by atoms with E-state index in [0.29, 0.717) is 18.7 Å². The van der Waals surface area contributed by atoms with Crippen molar-refractivity contribution in [3.05, 3.63) is 22.2 Å². The van der Waals surface area contributed by atoms with Gasteiger partial charge < -0.3 is 9.63 Å². The summed E-state index contributed by atoms with van der Waals surface area (Å²) < 4.78 is 5.82. The van der Waals surface area contributed by atoms with Crippen molar-refractivity contribution in [3.63, 3.8) is 0 Å². The van der Waals surface area contributed by atoms with Gasteiger partial charge in [0.2, 0.25) is 0 Å². The Morgan fingerprint density at radius 1 is 1.56 bits per heavy atom. The van der Waals surface area contributed by atoms with Gasteiger partial charge in [-0.1, -0.05) is 0 Å². The summed E-state index contributed by atoms with van der Waals surface area (Å²) in [5.41, 5.74) is -0.441. The third-order valence-corrected chi connectivity index (χ3v) is 2.66. The van der Waals surface area contributed by atoms with Crippen LogP contribution in [-0.2, 0) is 0 Å². The summed E-state index contributed by atoms with van der Waals surface area (Å²) in [6, 6.07) is 1.44. The van der Waals surface area contributed by atoms with Crippen molar-refractivity contribution in [2.45, 2.75) is 33.2 Å². The number of aryl methyl sites for hydroxylation is 1. The van der Waals surface area contributed by atoms with Gasteiger partial charge in [0.1, 0.15) is 5.76 Å². The molecule has 18 heavy (non-hydrogen) atoms. The number of hydrogen-bond acceptors (Lipinski definition) is 5. The first kappa shape index (κ1) is 14.7. The Labute approximate surface area is 106 Å². The van der Waals surface area contributed by atoms with Crippen LogP contribution < -0.4 is 5.56 Å². The number of aliphatic hydroxyl groups is 1. The number of carbonyl (C=O) groups is 1. The van der Waals surface area contributed by atoms with Crippen LogP contribution in [0.15, 0.2) is 15.4 Å². The Kier molecular flexibility index (Phi) is 5.30. The highest BCUT2D eigenvalue weighted by Crippen LogP contribution is 2.01. The fourth-order valence-corrected chi connectivity index (χ4v) is 1.65. The second kappa shape index (κ2) is 6.51. The smallest absolute Gasteiger partial charge is 0.290 e. The molecule has 1 aromatic rings. The topological polar surface area (TPSA) is 75.7 Å². The molecular formula is C12H20N2O4. The predicted molar refractivity (Wildman–Crippen MR) is 66.7 cm³/mol. The molecule has 0 bridgehead atoms. The van der Waals surface area contributed by atoms with E-state index in [1.54, 1.807) is 6.92 Å². The van der Waals surface area contributed by atoms with E-state index >= 15 is 0 Å². The lowest BCUT2D eigenvalue weighted by molar-refractivity contribution is 0.0683. The molecular weight excluding hydrogens is 236 g/mol. The summed E-state index contributed by atoms with van der Waals surface area (Å²) in [5.74, 6) is 0.0274. The molecule has 0 saturated heterocycles. The van der Waals surface area contributed by atoms with E-state index in [1.165, 1.54) is 6.07 Å². The molecule has 0 aromatic carbocycles. The number of nitrogens with zero attached hydrogens (tertiary/aromatic N) is 2. The molecule has 0 radical (unpaired) electrons. The lowest BCUT2D eigenvalue weighted by atomic mass is 10.3. The van der Waals surface area contributed by atoms with E-state index in [-0.39, 0.29) is 25.1 Å². The second-order valence-corrected chi connectivity index (χ2v) is 4.51. The van der Waals surface area contributed by atoms with Gasteiger partial charge in [0.25, 0.3) is 11.5 Å². The molecule has 0 aliphatic heterocycles. The summed E-state index contributed by atoms with van der Waals surface area (Å²) in [7, 11) is 0. The van der Waals surface area contributed by atoms with Gasteiger partial charge in [-0.3, -0.25) is 14.5 Å². The first-order valence-corrected chi connectivity index (χ1v) is 6.03. The van der Waals surface area contributed by atoms with Crippen molar-refractivity contribution in [2.24, 2.45) is 0 Å². The molecule has 1 heterocycles. The summed E-state index contributed by atoms with van der Waals surface area (Å²) >= 11 is 0. The monoisotopic (exact) mass is 256 g/mol. The van der Waals surface area contributed by atoms with Crippen LogP contribution in [0.1, 0.15) is 30.8 Å². The lowest BCUT2D eigenvalue weighted by Gasteiger charge is -2.24. The van der Waals surface area contributed by atoms with Crippen LogP contribution in [0, 0.1) is 6.92 Å². The van der Waals surface area contributed by atoms with Gasteiger partial charge in [-0.25, -0.2) is 0 Å². The van der Waals surface area contributed by atoms with Crippen molar-refractivity contribution >= 4 is 5.91 Å². The first-order valence-electron chi connectivity index (χ1n) is 6.03. The maximum Gasteiger partial charge on any atom is 0.290 e. The lowest BCUT2D eigenvalue weighted by Crippen LogP contribution is -2.40. The molecule has 0 aliphatic rings. The summed E-state index contributed by atoms with van der Waals surface area (Å²) in [6.45, 7) is 6.33. The molecule has 0 unspecified atom stereocenters. The fourth-order valence-electron chi connectivity index (χ4n) is 1.65. The minimum absolute atomic E-state index is 0.0806. The van der Waals surface area contributed by atoms with Crippen LogP contribution in [0.25, 0.3) is 0 Å². The van der Waals surface area contributed by atoms with Gasteiger partial charge in [0.05, 0.1) is 6.54 Å². The molecule has 0 aliphatic carbocycles. The highest BCUT2D eigenvalue weighted by atomic mass is 16.5. The van der Waals surface area contributed by atoms with Gasteiger partial charge in [0, 0.05) is 25.3 Å². The number of hydrogen-bond donors (Lipinski definition) is 1. The number of aliphatic hydroxyl groups excluding tert-OH is 1. The highest BCUT2D eigenvalue weighted by molar-refractivity contribution is 5.79. The summed E-state index contributed by atoms with van der Waals surface area (Å²) in [5, 5.41) is 8.81. The molecule has 102 valence electrons. The third kappa shape index (κ3) is 3.82. The Hall–Kier alpha value is -1.40. The second-order valence-electron chi connectivity index (χ2n) is 4.51. The molecule has 0 atom stereocenters. The predicted octanol–water partition coefficient (Wildman–Crippen LogP) is 0.483. The van der Waals surface area contributed by atoms with Gasteiger partial charge in [-0.15, -0.1) is 4.74 Å². The minimum Gasteiger partial charge on any atom is -0.396 e. The van der Waals surface area contributed by atoms with Gasteiger partial charge in [-0.2, -0.15) is 0 Å². The Balaban J connectivity index is 2.72. The highest BCUT2D eigenvalue weighted by Gasteiger charge is 2.18. The zero-order chi connectivity index (χ0) is 13.7. The minimum atomic E-state index is -0.441. The van der Waals surface area contributed by atoms with E-state index in [9.17, 15) is 9.59 Å². The van der Waals surface area contributed by atoms with Crippen molar-refractivity contribution in [1.82, 2.24) is 9.64 Å². The first-order chi connectivity index (χ1) is 8.45. The maximum absolute atomic E-state index is 11.9. The molecule has 0 spiro atoms. The molecule has 6 heteroatoms. The zero-order valence-electron chi connectivity index (χ0n) is 11.0. The van der Waals surface area contributed by atoms with Crippen LogP contribution in [0.4, 0.5) is 0 Å². The van der Waals surface area contributed by atoms with E-state index in [0.717, 1.165) is 4.74 Å². The van der Waals surface area contributed by atoms with Crippen LogP contribution in [0.5, 0.6) is 0 Å². The average Bonchev–Trinajstić information content (AvgIpc) is 2.63. The van der Waals surface area contributed by atoms with E-state index in [1.807, 2.05) is 18.7 Å². The Morgan fingerprint density at radius 2 is 2.22 bits per heavy atom. The van der Waals surface area contributed by atoms with Crippen LogP contribution >= 0.6 is 0 Å². The van der Waals surface area contributed by atoms with Crippen LogP contribution in [0.3, 0.4) is 0 Å². The molecule has 1 N–H and O–H groups in total. The van der Waals surface area contributed by atoms with Gasteiger partial charge in [-0.05, 0) is 27.2 Å².